The van der Waals surface area contributed by atoms with Crippen LogP contribution in [0.25, 0.3) is 0 Å². The molecule has 154 valence electrons. The molecule has 1 rings (SSSR count). The van der Waals surface area contributed by atoms with Crippen molar-refractivity contribution < 1.29 is 9.22 Å². The number of hydrogen-bond acceptors (Lipinski definition) is 2. The minimum absolute atomic E-state index is 0.128. The van der Waals surface area contributed by atoms with Gasteiger partial charge >= 0.3 is 0 Å². The van der Waals surface area contributed by atoms with Gasteiger partial charge in [-0.05, 0) is 43.0 Å². The fraction of sp³-hybridized carbons (Fsp3) is 0.708. The molecule has 0 radical (unpaired) electrons. The Kier molecular flexibility index (Phi) is 13.4. The zero-order valence-electron chi connectivity index (χ0n) is 18.1. The second-order valence-electron chi connectivity index (χ2n) is 8.01. The first kappa shape index (κ1) is 24.1. The van der Waals surface area contributed by atoms with Crippen LogP contribution < -0.4 is 0 Å². The number of rotatable bonds is 17. The highest BCUT2D eigenvalue weighted by atomic mass is 28.4. The summed E-state index contributed by atoms with van der Waals surface area (Å²) in [6.07, 6.45) is 12.5. The van der Waals surface area contributed by atoms with E-state index < -0.39 is 8.32 Å². The molecule has 1 aromatic carbocycles. The van der Waals surface area contributed by atoms with Crippen LogP contribution in [0.5, 0.6) is 0 Å². The molecule has 0 spiro atoms. The van der Waals surface area contributed by atoms with E-state index >= 15 is 0 Å². The highest BCUT2D eigenvalue weighted by Gasteiger charge is 2.35. The number of aldehydes is 1. The van der Waals surface area contributed by atoms with E-state index in [1.807, 2.05) is 0 Å². The maximum atomic E-state index is 11.3. The van der Waals surface area contributed by atoms with Crippen LogP contribution in [0, 0.1) is 0 Å². The van der Waals surface area contributed by atoms with Crippen molar-refractivity contribution >= 4 is 14.6 Å². The lowest BCUT2D eigenvalue weighted by Crippen LogP contribution is -2.42. The van der Waals surface area contributed by atoms with Crippen molar-refractivity contribution in [2.24, 2.45) is 0 Å². The van der Waals surface area contributed by atoms with Gasteiger partial charge in [0.15, 0.2) is 8.32 Å². The molecule has 0 aliphatic heterocycles. The van der Waals surface area contributed by atoms with Gasteiger partial charge in [-0.1, -0.05) is 89.6 Å². The van der Waals surface area contributed by atoms with Crippen molar-refractivity contribution in [3.05, 3.63) is 35.9 Å². The molecule has 0 aliphatic rings. The van der Waals surface area contributed by atoms with Gasteiger partial charge in [0.25, 0.3) is 0 Å². The van der Waals surface area contributed by atoms with Gasteiger partial charge in [0.2, 0.25) is 0 Å². The maximum Gasteiger partial charge on any atom is 0.193 e. The van der Waals surface area contributed by atoms with E-state index in [-0.39, 0.29) is 6.10 Å². The fourth-order valence-electron chi connectivity index (χ4n) is 3.91. The number of aryl methyl sites for hydroxylation is 1. The summed E-state index contributed by atoms with van der Waals surface area (Å²) in [5, 5.41) is 0. The molecule has 0 saturated carbocycles. The average Bonchev–Trinajstić information content (AvgIpc) is 2.70. The van der Waals surface area contributed by atoms with Crippen molar-refractivity contribution in [1.29, 1.82) is 0 Å². The number of unbranched alkanes of at least 4 members (excludes halogenated alkanes) is 3. The number of carbonyl (C=O) groups excluding carboxylic acids is 1. The lowest BCUT2D eigenvalue weighted by atomic mass is 10.1. The second-order valence-corrected chi connectivity index (χ2v) is 12.1. The molecular formula is C24H42O2Si. The Balaban J connectivity index is 2.73. The third kappa shape index (κ3) is 10.3. The molecule has 1 atom stereocenters. The predicted molar refractivity (Wildman–Crippen MR) is 120 cm³/mol. The predicted octanol–water partition coefficient (Wildman–Crippen LogP) is 7.33. The second kappa shape index (κ2) is 15.0. The zero-order chi connectivity index (χ0) is 19.8. The number of hydrogen-bond donors (Lipinski definition) is 0. The van der Waals surface area contributed by atoms with Gasteiger partial charge in [-0.15, -0.1) is 0 Å². The van der Waals surface area contributed by atoms with Gasteiger partial charge < -0.3 is 9.22 Å². The minimum Gasteiger partial charge on any atom is -0.413 e. The summed E-state index contributed by atoms with van der Waals surface area (Å²) in [5.74, 6) is 0. The van der Waals surface area contributed by atoms with Gasteiger partial charge in [-0.2, -0.15) is 0 Å². The topological polar surface area (TPSA) is 26.3 Å². The molecule has 27 heavy (non-hydrogen) atoms. The van der Waals surface area contributed by atoms with E-state index in [4.69, 9.17) is 4.43 Å². The van der Waals surface area contributed by atoms with E-state index in [9.17, 15) is 4.79 Å². The van der Waals surface area contributed by atoms with Crippen molar-refractivity contribution in [3.8, 4) is 0 Å². The highest BCUT2D eigenvalue weighted by molar-refractivity contribution is 6.73. The molecule has 1 unspecified atom stereocenters. The molecule has 1 aromatic rings. The molecule has 0 saturated heterocycles. The zero-order valence-corrected chi connectivity index (χ0v) is 19.1. The maximum absolute atomic E-state index is 11.3. The van der Waals surface area contributed by atoms with Crippen molar-refractivity contribution in [1.82, 2.24) is 0 Å². The first-order valence-electron chi connectivity index (χ1n) is 11.3. The largest absolute Gasteiger partial charge is 0.413 e. The molecule has 2 nitrogen and oxygen atoms in total. The smallest absolute Gasteiger partial charge is 0.193 e. The van der Waals surface area contributed by atoms with Gasteiger partial charge in [0.1, 0.15) is 6.29 Å². The summed E-state index contributed by atoms with van der Waals surface area (Å²) in [7, 11) is -1.75. The third-order valence-electron chi connectivity index (χ3n) is 5.57. The molecular weight excluding hydrogens is 348 g/mol. The van der Waals surface area contributed by atoms with E-state index in [2.05, 4.69) is 51.1 Å². The van der Waals surface area contributed by atoms with Crippen LogP contribution in [-0.4, -0.2) is 20.7 Å². The van der Waals surface area contributed by atoms with Gasteiger partial charge in [-0.3, -0.25) is 0 Å². The summed E-state index contributed by atoms with van der Waals surface area (Å²) in [5.41, 5.74) is 1.38. The van der Waals surface area contributed by atoms with Crippen LogP contribution in [-0.2, 0) is 15.6 Å². The summed E-state index contributed by atoms with van der Waals surface area (Å²) < 4.78 is 6.93. The lowest BCUT2D eigenvalue weighted by Gasteiger charge is -2.36. The molecule has 3 heteroatoms. The van der Waals surface area contributed by atoms with Crippen LogP contribution in [0.3, 0.4) is 0 Å². The standard InChI is InChI=1S/C24H42O2Si/c1-4-7-20-27(21-8-5-2,22-9-6-3)26-24(18-19-25)17-13-16-23-14-11-10-12-15-23/h10-12,14-15,19,24H,4-9,13,16-18,20-22H2,1-3H3. The summed E-state index contributed by atoms with van der Waals surface area (Å²) in [4.78, 5) is 11.3. The molecule has 0 fully saturated rings. The number of carbonyl (C=O) groups is 1. The van der Waals surface area contributed by atoms with Crippen LogP contribution >= 0.6 is 0 Å². The first-order chi connectivity index (χ1) is 13.2. The minimum atomic E-state index is -1.75. The third-order valence-corrected chi connectivity index (χ3v) is 10.2. The quantitative estimate of drug-likeness (QED) is 0.205. The Morgan fingerprint density at radius 3 is 1.93 bits per heavy atom. The Bertz CT molecular complexity index is 453. The molecule has 0 N–H and O–H groups in total. The normalized spacial score (nSPS) is 12.9. The van der Waals surface area contributed by atoms with Crippen molar-refractivity contribution in [3.63, 3.8) is 0 Å². The Morgan fingerprint density at radius 1 is 0.889 bits per heavy atom. The lowest BCUT2D eigenvalue weighted by molar-refractivity contribution is -0.109. The Labute approximate surface area is 169 Å². The summed E-state index contributed by atoms with van der Waals surface area (Å²) in [6.45, 7) is 6.84. The highest BCUT2D eigenvalue weighted by Crippen LogP contribution is 2.32. The molecule has 0 heterocycles. The van der Waals surface area contributed by atoms with E-state index in [0.29, 0.717) is 6.42 Å². The summed E-state index contributed by atoms with van der Waals surface area (Å²) >= 11 is 0. The van der Waals surface area contributed by atoms with Gasteiger partial charge in [-0.25, -0.2) is 0 Å². The van der Waals surface area contributed by atoms with Gasteiger partial charge in [0, 0.05) is 6.42 Å². The molecule has 0 bridgehead atoms. The van der Waals surface area contributed by atoms with Crippen LogP contribution in [0.4, 0.5) is 0 Å². The van der Waals surface area contributed by atoms with E-state index in [1.54, 1.807) is 0 Å². The van der Waals surface area contributed by atoms with E-state index in [0.717, 1.165) is 25.5 Å². The Hall–Kier alpha value is -0.933. The Morgan fingerprint density at radius 2 is 1.44 bits per heavy atom. The van der Waals surface area contributed by atoms with E-state index in [1.165, 1.54) is 62.2 Å². The van der Waals surface area contributed by atoms with Gasteiger partial charge in [0.05, 0.1) is 6.10 Å². The van der Waals surface area contributed by atoms with Crippen LogP contribution in [0.2, 0.25) is 18.1 Å². The van der Waals surface area contributed by atoms with Crippen LogP contribution in [0.1, 0.15) is 84.1 Å². The first-order valence-corrected chi connectivity index (χ1v) is 13.9. The summed E-state index contributed by atoms with van der Waals surface area (Å²) in [6, 6.07) is 14.5. The fourth-order valence-corrected chi connectivity index (χ4v) is 8.93. The SMILES string of the molecule is CCCC[Si](CCCC)(CCCC)OC(CC=O)CCCc1ccccc1. The molecule has 0 aromatic heterocycles. The van der Waals surface area contributed by atoms with Crippen molar-refractivity contribution in [2.75, 3.05) is 0 Å². The molecule has 0 aliphatic carbocycles. The van der Waals surface area contributed by atoms with Crippen molar-refractivity contribution in [2.45, 2.75) is 109 Å². The average molecular weight is 391 g/mol. The number of benzene rings is 1. The van der Waals surface area contributed by atoms with Crippen LogP contribution in [0.15, 0.2) is 30.3 Å². The molecule has 0 amide bonds. The monoisotopic (exact) mass is 390 g/mol.